The number of nitrogens with zero attached hydrogens (tertiary/aromatic N) is 3. The van der Waals surface area contributed by atoms with Crippen molar-refractivity contribution in [1.82, 2.24) is 9.97 Å². The number of benzene rings is 1. The van der Waals surface area contributed by atoms with E-state index in [9.17, 15) is 4.39 Å². The molecule has 2 rings (SSSR count). The van der Waals surface area contributed by atoms with Crippen molar-refractivity contribution in [2.75, 3.05) is 5.73 Å². The molecule has 2 aromatic rings. The second-order valence-electron chi connectivity index (χ2n) is 3.23. The van der Waals surface area contributed by atoms with Crippen molar-refractivity contribution < 1.29 is 9.23 Å². The van der Waals surface area contributed by atoms with Crippen LogP contribution in [0.15, 0.2) is 35.6 Å². The number of oxime groups is 1. The lowest BCUT2D eigenvalue weighted by Crippen LogP contribution is -1.99. The number of halogens is 2. The third-order valence-electron chi connectivity index (χ3n) is 1.98. The lowest BCUT2D eigenvalue weighted by atomic mass is 10.2. The topological polar surface area (TPSA) is 73.4 Å². The van der Waals surface area contributed by atoms with E-state index in [1.165, 1.54) is 6.21 Å². The number of rotatable bonds is 3. The van der Waals surface area contributed by atoms with E-state index in [2.05, 4.69) is 15.1 Å². The van der Waals surface area contributed by atoms with Gasteiger partial charge in [-0.15, -0.1) is 0 Å². The van der Waals surface area contributed by atoms with Crippen molar-refractivity contribution in [2.24, 2.45) is 5.16 Å². The maximum absolute atomic E-state index is 12.8. The van der Waals surface area contributed by atoms with Crippen LogP contribution in [-0.4, -0.2) is 16.2 Å². The largest absolute Gasteiger partial charge is 0.381 e. The Bertz CT molecular complexity index is 591. The van der Waals surface area contributed by atoms with Gasteiger partial charge in [0.15, 0.2) is 11.6 Å². The Hall–Kier alpha value is -2.21. The summed E-state index contributed by atoms with van der Waals surface area (Å²) in [4.78, 5) is 11.9. The van der Waals surface area contributed by atoms with Crippen LogP contribution < -0.4 is 10.6 Å². The minimum absolute atomic E-state index is 0.141. The zero-order chi connectivity index (χ0) is 13.0. The molecule has 18 heavy (non-hydrogen) atoms. The molecule has 7 heteroatoms. The Morgan fingerprint density at radius 3 is 2.89 bits per heavy atom. The van der Waals surface area contributed by atoms with Gasteiger partial charge >= 0.3 is 6.01 Å². The molecule has 5 nitrogen and oxygen atoms in total. The molecule has 1 heterocycles. The lowest BCUT2D eigenvalue weighted by Gasteiger charge is -1.98. The standard InChI is InChI=1S/C11H8ClFN4O/c12-8-4-2-1-3-7(8)5-16-18-11-15-6-9(13)10(14)17-11/h1-6H,(H2,14,15,17)/b16-5-. The first kappa shape index (κ1) is 12.3. The molecule has 0 saturated heterocycles. The van der Waals surface area contributed by atoms with Crippen molar-refractivity contribution in [3.8, 4) is 6.01 Å². The monoisotopic (exact) mass is 266 g/mol. The van der Waals surface area contributed by atoms with Crippen molar-refractivity contribution >= 4 is 23.6 Å². The minimum atomic E-state index is -0.711. The molecule has 0 spiro atoms. The smallest absolute Gasteiger partial charge is 0.347 e. The van der Waals surface area contributed by atoms with Gasteiger partial charge in [-0.1, -0.05) is 35.0 Å². The highest BCUT2D eigenvalue weighted by atomic mass is 35.5. The number of nitrogen functional groups attached to an aromatic ring is 1. The molecule has 0 unspecified atom stereocenters. The summed E-state index contributed by atoms with van der Waals surface area (Å²) in [6.45, 7) is 0. The van der Waals surface area contributed by atoms with Crippen LogP contribution in [0.5, 0.6) is 6.01 Å². The Morgan fingerprint density at radius 1 is 1.39 bits per heavy atom. The third-order valence-corrected chi connectivity index (χ3v) is 2.32. The minimum Gasteiger partial charge on any atom is -0.381 e. The molecule has 2 N–H and O–H groups in total. The average Bonchev–Trinajstić information content (AvgIpc) is 2.36. The maximum Gasteiger partial charge on any atom is 0.347 e. The van der Waals surface area contributed by atoms with E-state index in [1.54, 1.807) is 24.3 Å². The lowest BCUT2D eigenvalue weighted by molar-refractivity contribution is 0.314. The molecular formula is C11H8ClFN4O. The number of hydrogen-bond acceptors (Lipinski definition) is 5. The molecule has 0 fully saturated rings. The highest BCUT2D eigenvalue weighted by Gasteiger charge is 2.03. The van der Waals surface area contributed by atoms with Crippen molar-refractivity contribution in [3.05, 3.63) is 46.9 Å². The molecule has 0 aliphatic rings. The molecule has 0 bridgehead atoms. The van der Waals surface area contributed by atoms with E-state index < -0.39 is 5.82 Å². The van der Waals surface area contributed by atoms with Crippen molar-refractivity contribution in [2.45, 2.75) is 0 Å². The fraction of sp³-hybridized carbons (Fsp3) is 0. The van der Waals surface area contributed by atoms with Gasteiger partial charge in [-0.05, 0) is 6.07 Å². The third kappa shape index (κ3) is 2.92. The van der Waals surface area contributed by atoms with Gasteiger partial charge in [0.05, 0.1) is 12.4 Å². The van der Waals surface area contributed by atoms with Crippen LogP contribution in [0.2, 0.25) is 5.02 Å². The van der Waals surface area contributed by atoms with E-state index >= 15 is 0 Å². The first-order valence-electron chi connectivity index (χ1n) is 4.90. The quantitative estimate of drug-likeness (QED) is 0.683. The van der Waals surface area contributed by atoms with Gasteiger partial charge in [0.2, 0.25) is 0 Å². The molecule has 0 aliphatic heterocycles. The van der Waals surface area contributed by atoms with Crippen LogP contribution >= 0.6 is 11.6 Å². The van der Waals surface area contributed by atoms with Crippen LogP contribution in [0, 0.1) is 5.82 Å². The second-order valence-corrected chi connectivity index (χ2v) is 3.64. The van der Waals surface area contributed by atoms with Crippen molar-refractivity contribution in [3.63, 3.8) is 0 Å². The predicted octanol–water partition coefficient (Wildman–Crippen LogP) is 2.26. The van der Waals surface area contributed by atoms with Gasteiger partial charge in [0.25, 0.3) is 0 Å². The van der Waals surface area contributed by atoms with Crippen LogP contribution in [-0.2, 0) is 0 Å². The fourth-order valence-corrected chi connectivity index (χ4v) is 1.30. The fourth-order valence-electron chi connectivity index (χ4n) is 1.12. The summed E-state index contributed by atoms with van der Waals surface area (Å²) >= 11 is 5.90. The first-order chi connectivity index (χ1) is 8.66. The summed E-state index contributed by atoms with van der Waals surface area (Å²) in [5.41, 5.74) is 5.92. The van der Waals surface area contributed by atoms with Gasteiger partial charge in [-0.25, -0.2) is 4.39 Å². The highest BCUT2D eigenvalue weighted by Crippen LogP contribution is 2.13. The highest BCUT2D eigenvalue weighted by molar-refractivity contribution is 6.33. The summed E-state index contributed by atoms with van der Waals surface area (Å²) < 4.78 is 12.8. The molecule has 0 atom stereocenters. The molecule has 1 aromatic heterocycles. The summed E-state index contributed by atoms with van der Waals surface area (Å²) in [6, 6.07) is 6.94. The molecule has 0 saturated carbocycles. The van der Waals surface area contributed by atoms with Gasteiger partial charge in [0, 0.05) is 10.6 Å². The summed E-state index contributed by atoms with van der Waals surface area (Å²) in [5, 5.41) is 4.16. The zero-order valence-corrected chi connectivity index (χ0v) is 9.80. The molecule has 1 aromatic carbocycles. The predicted molar refractivity (Wildman–Crippen MR) is 66.1 cm³/mol. The second kappa shape index (κ2) is 5.42. The van der Waals surface area contributed by atoms with E-state index in [4.69, 9.17) is 22.2 Å². The number of nitrogens with two attached hydrogens (primary N) is 1. The average molecular weight is 267 g/mol. The number of aromatic nitrogens is 2. The molecule has 0 amide bonds. The van der Waals surface area contributed by atoms with E-state index in [0.29, 0.717) is 10.6 Å². The molecule has 0 radical (unpaired) electrons. The SMILES string of the molecule is Nc1nc(O/N=C\c2ccccc2Cl)ncc1F. The van der Waals surface area contributed by atoms with Gasteiger partial charge in [0.1, 0.15) is 0 Å². The zero-order valence-electron chi connectivity index (χ0n) is 9.05. The van der Waals surface area contributed by atoms with Crippen molar-refractivity contribution in [1.29, 1.82) is 0 Å². The summed E-state index contributed by atoms with van der Waals surface area (Å²) in [5.74, 6) is -1.01. The summed E-state index contributed by atoms with van der Waals surface area (Å²) in [7, 11) is 0. The van der Waals surface area contributed by atoms with Crippen LogP contribution in [0.25, 0.3) is 0 Å². The maximum atomic E-state index is 12.8. The number of anilines is 1. The Balaban J connectivity index is 2.07. The van der Waals surface area contributed by atoms with E-state index in [1.807, 2.05) is 0 Å². The van der Waals surface area contributed by atoms with Crippen LogP contribution in [0.1, 0.15) is 5.56 Å². The Kier molecular flexibility index (Phi) is 3.69. The van der Waals surface area contributed by atoms with Gasteiger partial charge in [-0.2, -0.15) is 9.97 Å². The van der Waals surface area contributed by atoms with E-state index in [-0.39, 0.29) is 11.8 Å². The molecule has 0 aliphatic carbocycles. The van der Waals surface area contributed by atoms with Gasteiger partial charge in [-0.3, -0.25) is 0 Å². The van der Waals surface area contributed by atoms with Gasteiger partial charge < -0.3 is 10.6 Å². The Morgan fingerprint density at radius 2 is 2.17 bits per heavy atom. The van der Waals surface area contributed by atoms with Crippen LogP contribution in [0.4, 0.5) is 10.2 Å². The molecular weight excluding hydrogens is 259 g/mol. The normalized spacial score (nSPS) is 10.8. The summed E-state index contributed by atoms with van der Waals surface area (Å²) in [6.07, 6.45) is 2.30. The number of hydrogen-bond donors (Lipinski definition) is 1. The van der Waals surface area contributed by atoms with Crippen LogP contribution in [0.3, 0.4) is 0 Å². The first-order valence-corrected chi connectivity index (χ1v) is 5.27. The van der Waals surface area contributed by atoms with E-state index in [0.717, 1.165) is 6.20 Å². The molecule has 92 valence electrons. The Labute approximate surface area is 107 Å².